The molecule has 0 N–H and O–H groups in total. The molecule has 6 nitrogen and oxygen atoms in total. The summed E-state index contributed by atoms with van der Waals surface area (Å²) in [7, 11) is 0. The standard InChI is InChI=1S/C21H21ClN2O4/c22-16-7-5-15(6-8-16)19-13-23(11-12-27-19)20(25)9-10-24-17-3-1-2-4-18(17)28-14-21(24)26/h1-8,19H,9-14H2. The van der Waals surface area contributed by atoms with Crippen LogP contribution < -0.4 is 9.64 Å². The number of fused-ring (bicyclic) bond motifs is 1. The number of ether oxygens (including phenoxy) is 2. The van der Waals surface area contributed by atoms with E-state index in [9.17, 15) is 9.59 Å². The maximum absolute atomic E-state index is 12.8. The summed E-state index contributed by atoms with van der Waals surface area (Å²) in [6, 6.07) is 14.9. The number of amides is 2. The highest BCUT2D eigenvalue weighted by Gasteiger charge is 2.28. The first kappa shape index (κ1) is 18.8. The van der Waals surface area contributed by atoms with E-state index in [0.717, 1.165) is 5.56 Å². The van der Waals surface area contributed by atoms with Gasteiger partial charge in [-0.25, -0.2) is 0 Å². The van der Waals surface area contributed by atoms with Gasteiger partial charge in [0.25, 0.3) is 5.91 Å². The third-order valence-electron chi connectivity index (χ3n) is 5.02. The van der Waals surface area contributed by atoms with Gasteiger partial charge < -0.3 is 19.3 Å². The van der Waals surface area contributed by atoms with Crippen molar-refractivity contribution in [3.8, 4) is 5.75 Å². The smallest absolute Gasteiger partial charge is 0.265 e. The minimum atomic E-state index is -0.166. The van der Waals surface area contributed by atoms with E-state index in [4.69, 9.17) is 21.1 Å². The molecule has 0 bridgehead atoms. The van der Waals surface area contributed by atoms with Crippen LogP contribution in [0.15, 0.2) is 48.5 Å². The second kappa shape index (κ2) is 8.20. The molecule has 28 heavy (non-hydrogen) atoms. The number of anilines is 1. The van der Waals surface area contributed by atoms with Gasteiger partial charge in [-0.15, -0.1) is 0 Å². The quantitative estimate of drug-likeness (QED) is 0.791. The highest BCUT2D eigenvalue weighted by atomic mass is 35.5. The molecule has 2 amide bonds. The molecule has 1 fully saturated rings. The van der Waals surface area contributed by atoms with Crippen molar-refractivity contribution in [1.29, 1.82) is 0 Å². The van der Waals surface area contributed by atoms with Crippen molar-refractivity contribution in [3.63, 3.8) is 0 Å². The Labute approximate surface area is 168 Å². The van der Waals surface area contributed by atoms with Crippen molar-refractivity contribution in [2.75, 3.05) is 37.7 Å². The Morgan fingerprint density at radius 3 is 2.75 bits per heavy atom. The van der Waals surface area contributed by atoms with Gasteiger partial charge in [0, 0.05) is 24.5 Å². The van der Waals surface area contributed by atoms with Crippen LogP contribution in [-0.4, -0.2) is 49.6 Å². The Morgan fingerprint density at radius 2 is 1.93 bits per heavy atom. The lowest BCUT2D eigenvalue weighted by atomic mass is 10.1. The van der Waals surface area contributed by atoms with Crippen LogP contribution in [0.4, 0.5) is 5.69 Å². The molecule has 0 aliphatic carbocycles. The first-order valence-electron chi connectivity index (χ1n) is 9.29. The highest BCUT2D eigenvalue weighted by molar-refractivity contribution is 6.30. The monoisotopic (exact) mass is 400 g/mol. The van der Waals surface area contributed by atoms with Crippen molar-refractivity contribution < 1.29 is 19.1 Å². The number of halogens is 1. The van der Waals surface area contributed by atoms with Gasteiger partial charge in [-0.05, 0) is 29.8 Å². The van der Waals surface area contributed by atoms with Crippen LogP contribution in [0.2, 0.25) is 5.02 Å². The van der Waals surface area contributed by atoms with Crippen molar-refractivity contribution in [3.05, 3.63) is 59.1 Å². The van der Waals surface area contributed by atoms with Crippen LogP contribution in [0, 0.1) is 0 Å². The summed E-state index contributed by atoms with van der Waals surface area (Å²) in [4.78, 5) is 28.5. The van der Waals surface area contributed by atoms with Crippen LogP contribution in [0.25, 0.3) is 0 Å². The summed E-state index contributed by atoms with van der Waals surface area (Å²) in [5.74, 6) is 0.551. The molecule has 146 valence electrons. The van der Waals surface area contributed by atoms with Gasteiger partial charge in [0.2, 0.25) is 5.91 Å². The van der Waals surface area contributed by atoms with E-state index in [0.29, 0.717) is 42.7 Å². The molecule has 1 unspecified atom stereocenters. The van der Waals surface area contributed by atoms with Crippen molar-refractivity contribution in [2.45, 2.75) is 12.5 Å². The maximum Gasteiger partial charge on any atom is 0.265 e. The summed E-state index contributed by atoms with van der Waals surface area (Å²) in [5.41, 5.74) is 1.71. The molecule has 1 atom stereocenters. The minimum absolute atomic E-state index is 0.00139. The lowest BCUT2D eigenvalue weighted by molar-refractivity contribution is -0.138. The molecule has 2 aliphatic heterocycles. The van der Waals surface area contributed by atoms with Gasteiger partial charge in [0.15, 0.2) is 6.61 Å². The summed E-state index contributed by atoms with van der Waals surface area (Å²) < 4.78 is 11.3. The Kier molecular flexibility index (Phi) is 5.50. The number of rotatable bonds is 4. The van der Waals surface area contributed by atoms with E-state index in [1.165, 1.54) is 0 Å². The third kappa shape index (κ3) is 3.98. The first-order valence-corrected chi connectivity index (χ1v) is 9.66. The average molecular weight is 401 g/mol. The van der Waals surface area contributed by atoms with Crippen LogP contribution >= 0.6 is 11.6 Å². The maximum atomic E-state index is 12.8. The highest BCUT2D eigenvalue weighted by Crippen LogP contribution is 2.31. The first-order chi connectivity index (χ1) is 13.6. The predicted octanol–water partition coefficient (Wildman–Crippen LogP) is 3.06. The molecule has 2 aliphatic rings. The molecule has 7 heteroatoms. The molecule has 0 saturated carbocycles. The third-order valence-corrected chi connectivity index (χ3v) is 5.27. The van der Waals surface area contributed by atoms with Gasteiger partial charge in [-0.3, -0.25) is 9.59 Å². The predicted molar refractivity (Wildman–Crippen MR) is 106 cm³/mol. The second-order valence-corrected chi connectivity index (χ2v) is 7.24. The Hall–Kier alpha value is -2.57. The zero-order valence-electron chi connectivity index (χ0n) is 15.3. The second-order valence-electron chi connectivity index (χ2n) is 6.80. The lowest BCUT2D eigenvalue weighted by Crippen LogP contribution is -2.45. The number of hydrogen-bond donors (Lipinski definition) is 0. The van der Waals surface area contributed by atoms with Gasteiger partial charge in [0.05, 0.1) is 18.8 Å². The molecule has 2 aromatic rings. The molecule has 4 rings (SSSR count). The fraction of sp³-hybridized carbons (Fsp3) is 0.333. The number of morpholine rings is 1. The van der Waals surface area contributed by atoms with Crippen LogP contribution in [-0.2, 0) is 14.3 Å². The largest absolute Gasteiger partial charge is 0.482 e. The number of carbonyl (C=O) groups excluding carboxylic acids is 2. The fourth-order valence-corrected chi connectivity index (χ4v) is 3.65. The molecule has 0 aromatic heterocycles. The minimum Gasteiger partial charge on any atom is -0.482 e. The van der Waals surface area contributed by atoms with Crippen molar-refractivity contribution in [1.82, 2.24) is 4.90 Å². The SMILES string of the molecule is O=C(CCN1C(=O)COc2ccccc21)N1CCOC(c2ccc(Cl)cc2)C1. The van der Waals surface area contributed by atoms with E-state index in [1.54, 1.807) is 9.80 Å². The zero-order valence-corrected chi connectivity index (χ0v) is 16.1. The molecule has 0 spiro atoms. The molecular formula is C21H21ClN2O4. The number of para-hydroxylation sites is 2. The number of carbonyl (C=O) groups is 2. The molecular weight excluding hydrogens is 380 g/mol. The van der Waals surface area contributed by atoms with Gasteiger partial charge in [0.1, 0.15) is 11.9 Å². The summed E-state index contributed by atoms with van der Waals surface area (Å²) >= 11 is 5.95. The summed E-state index contributed by atoms with van der Waals surface area (Å²) in [6.07, 6.45) is 0.0913. The Morgan fingerprint density at radius 1 is 1.14 bits per heavy atom. The van der Waals surface area contributed by atoms with Gasteiger partial charge in [-0.1, -0.05) is 35.9 Å². The summed E-state index contributed by atoms with van der Waals surface area (Å²) in [5, 5.41) is 0.669. The Balaban J connectivity index is 1.38. The molecule has 1 saturated heterocycles. The fourth-order valence-electron chi connectivity index (χ4n) is 3.52. The van der Waals surface area contributed by atoms with E-state index >= 15 is 0 Å². The normalized spacial score (nSPS) is 19.2. The van der Waals surface area contributed by atoms with Gasteiger partial charge in [-0.2, -0.15) is 0 Å². The molecule has 2 heterocycles. The average Bonchev–Trinajstić information content (AvgIpc) is 2.73. The van der Waals surface area contributed by atoms with E-state index < -0.39 is 0 Å². The topological polar surface area (TPSA) is 59.1 Å². The van der Waals surface area contributed by atoms with Gasteiger partial charge >= 0.3 is 0 Å². The van der Waals surface area contributed by atoms with E-state index in [2.05, 4.69) is 0 Å². The molecule has 2 aromatic carbocycles. The van der Waals surface area contributed by atoms with Crippen LogP contribution in [0.3, 0.4) is 0 Å². The number of benzene rings is 2. The van der Waals surface area contributed by atoms with Crippen molar-refractivity contribution >= 4 is 29.1 Å². The zero-order chi connectivity index (χ0) is 19.5. The lowest BCUT2D eigenvalue weighted by Gasteiger charge is -2.34. The van der Waals surface area contributed by atoms with E-state index in [-0.39, 0.29) is 30.9 Å². The Bertz CT molecular complexity index is 871. The van der Waals surface area contributed by atoms with Crippen molar-refractivity contribution in [2.24, 2.45) is 0 Å². The number of nitrogens with zero attached hydrogens (tertiary/aromatic N) is 2. The van der Waals surface area contributed by atoms with E-state index in [1.807, 2.05) is 48.5 Å². The molecule has 0 radical (unpaired) electrons. The van der Waals surface area contributed by atoms with Crippen LogP contribution in [0.5, 0.6) is 5.75 Å². The number of hydrogen-bond acceptors (Lipinski definition) is 4. The van der Waals surface area contributed by atoms with Crippen LogP contribution in [0.1, 0.15) is 18.1 Å². The summed E-state index contributed by atoms with van der Waals surface area (Å²) in [6.45, 7) is 1.87.